The molecule has 1 aromatic heterocycles. The van der Waals surface area contributed by atoms with Gasteiger partial charge in [0.2, 0.25) is 0 Å². The van der Waals surface area contributed by atoms with Gasteiger partial charge in [-0.3, -0.25) is 4.68 Å². The summed E-state index contributed by atoms with van der Waals surface area (Å²) in [5, 5.41) is 16.3. The third-order valence-electron chi connectivity index (χ3n) is 1.72. The largest absolute Gasteiger partial charge is 0.392 e. The molecule has 4 nitrogen and oxygen atoms in total. The zero-order chi connectivity index (χ0) is 9.84. The summed E-state index contributed by atoms with van der Waals surface area (Å²) < 4.78 is 1.88. The minimum Gasteiger partial charge on any atom is -0.392 e. The van der Waals surface area contributed by atoms with Gasteiger partial charge in [-0.05, 0) is 20.8 Å². The van der Waals surface area contributed by atoms with E-state index in [1.165, 1.54) is 0 Å². The van der Waals surface area contributed by atoms with Gasteiger partial charge in [-0.1, -0.05) is 0 Å². The number of aliphatic hydroxyl groups is 1. The molecule has 0 bridgehead atoms. The van der Waals surface area contributed by atoms with Crippen molar-refractivity contribution >= 4 is 5.82 Å². The van der Waals surface area contributed by atoms with Crippen molar-refractivity contribution in [1.82, 2.24) is 9.78 Å². The Hall–Kier alpha value is -1.03. The maximum atomic E-state index is 9.03. The highest BCUT2D eigenvalue weighted by Gasteiger charge is 2.01. The van der Waals surface area contributed by atoms with E-state index in [0.29, 0.717) is 12.6 Å². The highest BCUT2D eigenvalue weighted by molar-refractivity contribution is 5.32. The molecule has 0 spiro atoms. The Labute approximate surface area is 78.6 Å². The Morgan fingerprint density at radius 2 is 2.23 bits per heavy atom. The average Bonchev–Trinajstić information content (AvgIpc) is 2.48. The molecule has 0 aliphatic rings. The van der Waals surface area contributed by atoms with Crippen LogP contribution in [0, 0.1) is 0 Å². The summed E-state index contributed by atoms with van der Waals surface area (Å²) in [7, 11) is 0. The van der Waals surface area contributed by atoms with Gasteiger partial charge in [-0.2, -0.15) is 5.10 Å². The lowest BCUT2D eigenvalue weighted by Gasteiger charge is -2.06. The van der Waals surface area contributed by atoms with Crippen LogP contribution in [0.2, 0.25) is 0 Å². The first-order chi connectivity index (χ1) is 6.09. The molecule has 0 unspecified atom stereocenters. The first-order valence-corrected chi connectivity index (χ1v) is 4.56. The van der Waals surface area contributed by atoms with Crippen LogP contribution in [0.15, 0.2) is 12.3 Å². The van der Waals surface area contributed by atoms with E-state index in [2.05, 4.69) is 24.3 Å². The van der Waals surface area contributed by atoms with Crippen LogP contribution in [0.1, 0.15) is 26.8 Å². The fraction of sp³-hybridized carbons (Fsp3) is 0.667. The number of aromatic nitrogens is 2. The zero-order valence-electron chi connectivity index (χ0n) is 8.36. The molecule has 0 aromatic carbocycles. The van der Waals surface area contributed by atoms with Gasteiger partial charge in [0.25, 0.3) is 0 Å². The summed E-state index contributed by atoms with van der Waals surface area (Å²) >= 11 is 0. The number of nitrogens with one attached hydrogen (secondary N) is 1. The molecule has 0 amide bonds. The highest BCUT2D eigenvalue weighted by atomic mass is 16.3. The van der Waals surface area contributed by atoms with Crippen LogP contribution in [0.3, 0.4) is 0 Å². The Bertz CT molecular complexity index is 255. The molecule has 1 aromatic rings. The van der Waals surface area contributed by atoms with E-state index < -0.39 is 0 Å². The van der Waals surface area contributed by atoms with E-state index in [9.17, 15) is 0 Å². The first-order valence-electron chi connectivity index (χ1n) is 4.56. The number of aliphatic hydroxyl groups excluding tert-OH is 1. The maximum Gasteiger partial charge on any atom is 0.148 e. The molecule has 0 saturated carbocycles. The fourth-order valence-corrected chi connectivity index (χ4v) is 0.972. The lowest BCUT2D eigenvalue weighted by Crippen LogP contribution is -2.15. The second kappa shape index (κ2) is 4.28. The third-order valence-corrected chi connectivity index (χ3v) is 1.72. The Morgan fingerprint density at radius 3 is 2.69 bits per heavy atom. The van der Waals surface area contributed by atoms with Gasteiger partial charge in [0.05, 0.1) is 6.10 Å². The number of anilines is 1. The molecule has 13 heavy (non-hydrogen) atoms. The van der Waals surface area contributed by atoms with Crippen LogP contribution >= 0.6 is 0 Å². The maximum absolute atomic E-state index is 9.03. The van der Waals surface area contributed by atoms with Crippen LogP contribution in [0.25, 0.3) is 0 Å². The van der Waals surface area contributed by atoms with Crippen molar-refractivity contribution in [3.8, 4) is 0 Å². The van der Waals surface area contributed by atoms with Crippen molar-refractivity contribution in [3.63, 3.8) is 0 Å². The molecular formula is C9H17N3O. The summed E-state index contributed by atoms with van der Waals surface area (Å²) in [4.78, 5) is 0. The van der Waals surface area contributed by atoms with Gasteiger partial charge in [0.15, 0.2) is 0 Å². The normalized spacial score (nSPS) is 13.3. The third kappa shape index (κ3) is 3.06. The van der Waals surface area contributed by atoms with Crippen LogP contribution in [-0.2, 0) is 0 Å². The van der Waals surface area contributed by atoms with E-state index >= 15 is 0 Å². The van der Waals surface area contributed by atoms with Crippen molar-refractivity contribution < 1.29 is 5.11 Å². The number of hydrogen-bond acceptors (Lipinski definition) is 3. The van der Waals surface area contributed by atoms with E-state index in [1.807, 2.05) is 16.9 Å². The van der Waals surface area contributed by atoms with Gasteiger partial charge in [-0.15, -0.1) is 0 Å². The molecule has 2 N–H and O–H groups in total. The van der Waals surface area contributed by atoms with Crippen molar-refractivity contribution in [2.24, 2.45) is 0 Å². The molecule has 0 saturated heterocycles. The van der Waals surface area contributed by atoms with Crippen LogP contribution in [0.4, 0.5) is 5.82 Å². The minimum absolute atomic E-state index is 0.343. The second-order valence-corrected chi connectivity index (χ2v) is 3.50. The van der Waals surface area contributed by atoms with Crippen molar-refractivity contribution in [3.05, 3.63) is 12.3 Å². The number of nitrogens with zero attached hydrogens (tertiary/aromatic N) is 2. The smallest absolute Gasteiger partial charge is 0.148 e. The van der Waals surface area contributed by atoms with Gasteiger partial charge in [0.1, 0.15) is 5.82 Å². The fourth-order valence-electron chi connectivity index (χ4n) is 0.972. The molecule has 1 atom stereocenters. The second-order valence-electron chi connectivity index (χ2n) is 3.50. The molecule has 0 radical (unpaired) electrons. The van der Waals surface area contributed by atoms with Crippen LogP contribution in [-0.4, -0.2) is 27.5 Å². The lowest BCUT2D eigenvalue weighted by atomic mass is 10.4. The monoisotopic (exact) mass is 183 g/mol. The van der Waals surface area contributed by atoms with Gasteiger partial charge in [0, 0.05) is 24.8 Å². The summed E-state index contributed by atoms with van der Waals surface area (Å²) in [6.07, 6.45) is 1.58. The van der Waals surface area contributed by atoms with Crippen LogP contribution in [0.5, 0.6) is 0 Å². The molecule has 0 aliphatic carbocycles. The Balaban J connectivity index is 2.49. The van der Waals surface area contributed by atoms with E-state index in [0.717, 1.165) is 5.82 Å². The van der Waals surface area contributed by atoms with Crippen LogP contribution < -0.4 is 5.32 Å². The summed E-state index contributed by atoms with van der Waals surface area (Å²) in [6, 6.07) is 2.28. The lowest BCUT2D eigenvalue weighted by molar-refractivity contribution is 0.208. The minimum atomic E-state index is -0.343. The molecule has 4 heteroatoms. The Kier molecular flexibility index (Phi) is 3.31. The average molecular weight is 183 g/mol. The van der Waals surface area contributed by atoms with Crippen molar-refractivity contribution in [1.29, 1.82) is 0 Å². The zero-order valence-corrected chi connectivity index (χ0v) is 8.36. The first kappa shape index (κ1) is 10.1. The van der Waals surface area contributed by atoms with Crippen molar-refractivity contribution in [2.45, 2.75) is 32.9 Å². The van der Waals surface area contributed by atoms with E-state index in [1.54, 1.807) is 6.92 Å². The molecule has 1 rings (SSSR count). The molecule has 74 valence electrons. The predicted molar refractivity (Wildman–Crippen MR) is 52.8 cm³/mol. The van der Waals surface area contributed by atoms with Gasteiger partial charge in [-0.25, -0.2) is 0 Å². The Morgan fingerprint density at radius 1 is 1.54 bits per heavy atom. The molecular weight excluding hydrogens is 166 g/mol. The van der Waals surface area contributed by atoms with E-state index in [-0.39, 0.29) is 6.10 Å². The van der Waals surface area contributed by atoms with E-state index in [4.69, 9.17) is 5.11 Å². The topological polar surface area (TPSA) is 50.1 Å². The highest BCUT2D eigenvalue weighted by Crippen LogP contribution is 2.07. The summed E-state index contributed by atoms with van der Waals surface area (Å²) in [5.74, 6) is 0.814. The number of hydrogen-bond donors (Lipinski definition) is 2. The summed E-state index contributed by atoms with van der Waals surface area (Å²) in [6.45, 7) is 6.43. The standard InChI is InChI=1S/C9H17N3O/c1-7(2)12-5-4-9(11-12)10-6-8(3)13/h4-5,7-8,13H,6H2,1-3H3,(H,10,11)/t8-/m1/s1. The van der Waals surface area contributed by atoms with Gasteiger partial charge >= 0.3 is 0 Å². The molecule has 0 fully saturated rings. The van der Waals surface area contributed by atoms with Crippen molar-refractivity contribution in [2.75, 3.05) is 11.9 Å². The molecule has 0 aliphatic heterocycles. The van der Waals surface area contributed by atoms with Gasteiger partial charge < -0.3 is 10.4 Å². The SMILES string of the molecule is CC(C)n1ccc(NC[C@@H](C)O)n1. The summed E-state index contributed by atoms with van der Waals surface area (Å²) in [5.41, 5.74) is 0. The number of rotatable bonds is 4. The predicted octanol–water partition coefficient (Wildman–Crippen LogP) is 1.26. The molecule has 1 heterocycles. The quantitative estimate of drug-likeness (QED) is 0.738.